The number of amides is 1. The Morgan fingerprint density at radius 1 is 1.27 bits per heavy atom. The van der Waals surface area contributed by atoms with Crippen molar-refractivity contribution in [2.24, 2.45) is 5.92 Å². The average molecular weight is 300 g/mol. The Kier molecular flexibility index (Phi) is 3.20. The molecular weight excluding hydrogens is 280 g/mol. The zero-order valence-corrected chi connectivity index (χ0v) is 12.7. The Morgan fingerprint density at radius 2 is 2.14 bits per heavy atom. The summed E-state index contributed by atoms with van der Waals surface area (Å²) in [4.78, 5) is 14.2. The molecule has 1 unspecified atom stereocenters. The van der Waals surface area contributed by atoms with Crippen molar-refractivity contribution in [1.82, 2.24) is 25.1 Å². The van der Waals surface area contributed by atoms with Gasteiger partial charge in [-0.2, -0.15) is 4.52 Å². The molecule has 0 bridgehead atoms. The maximum absolute atomic E-state index is 11.9. The van der Waals surface area contributed by atoms with Crippen LogP contribution >= 0.6 is 0 Å². The van der Waals surface area contributed by atoms with E-state index in [1.165, 1.54) is 0 Å². The molecule has 7 nitrogen and oxygen atoms in total. The maximum atomic E-state index is 11.9. The zero-order chi connectivity index (χ0) is 15.1. The number of aryl methyl sites for hydroxylation is 1. The van der Waals surface area contributed by atoms with Crippen LogP contribution in [0.3, 0.4) is 0 Å². The number of nitrogens with zero attached hydrogens (tertiary/aromatic N) is 5. The molecule has 1 aliphatic carbocycles. The van der Waals surface area contributed by atoms with Gasteiger partial charge in [-0.3, -0.25) is 4.79 Å². The summed E-state index contributed by atoms with van der Waals surface area (Å²) in [5, 5.41) is 15.9. The van der Waals surface area contributed by atoms with Crippen molar-refractivity contribution in [2.45, 2.75) is 38.6 Å². The second-order valence-electron chi connectivity index (χ2n) is 6.28. The monoisotopic (exact) mass is 300 g/mol. The summed E-state index contributed by atoms with van der Waals surface area (Å²) in [5.74, 6) is 2.20. The third-order valence-corrected chi connectivity index (χ3v) is 4.44. The minimum atomic E-state index is 0.223. The first-order valence-corrected chi connectivity index (χ1v) is 7.95. The zero-order valence-electron chi connectivity index (χ0n) is 12.7. The minimum Gasteiger partial charge on any atom is -0.353 e. The lowest BCUT2D eigenvalue weighted by molar-refractivity contribution is -0.123. The summed E-state index contributed by atoms with van der Waals surface area (Å²) < 4.78 is 1.77. The molecule has 1 aliphatic heterocycles. The quantitative estimate of drug-likeness (QED) is 0.912. The van der Waals surface area contributed by atoms with Gasteiger partial charge in [-0.25, -0.2) is 0 Å². The van der Waals surface area contributed by atoms with E-state index in [2.05, 4.69) is 25.5 Å². The Hall–Kier alpha value is -2.18. The van der Waals surface area contributed by atoms with Crippen LogP contribution in [-0.4, -0.2) is 44.8 Å². The summed E-state index contributed by atoms with van der Waals surface area (Å²) in [6, 6.07) is 4.14. The van der Waals surface area contributed by atoms with Crippen molar-refractivity contribution in [2.75, 3.05) is 18.0 Å². The molecule has 0 radical (unpaired) electrons. The lowest BCUT2D eigenvalue weighted by Crippen LogP contribution is -2.48. The number of aromatic nitrogens is 4. The topological polar surface area (TPSA) is 75.4 Å². The van der Waals surface area contributed by atoms with E-state index in [4.69, 9.17) is 0 Å². The number of piperidine rings is 1. The van der Waals surface area contributed by atoms with Crippen LogP contribution in [-0.2, 0) is 4.79 Å². The van der Waals surface area contributed by atoms with Gasteiger partial charge in [0, 0.05) is 25.0 Å². The second kappa shape index (κ2) is 5.23. The molecule has 3 heterocycles. The highest BCUT2D eigenvalue weighted by Gasteiger charge is 2.32. The summed E-state index contributed by atoms with van der Waals surface area (Å²) in [7, 11) is 0. The predicted octanol–water partition coefficient (Wildman–Crippen LogP) is 0.928. The number of anilines is 1. The molecule has 1 N–H and O–H groups in total. The van der Waals surface area contributed by atoms with Gasteiger partial charge in [-0.1, -0.05) is 0 Å². The average Bonchev–Trinajstić information content (AvgIpc) is 3.32. The smallest absolute Gasteiger partial charge is 0.223 e. The molecule has 2 aromatic heterocycles. The van der Waals surface area contributed by atoms with Crippen LogP contribution in [0.4, 0.5) is 5.82 Å². The molecule has 116 valence electrons. The van der Waals surface area contributed by atoms with Crippen LogP contribution in [0.25, 0.3) is 5.65 Å². The van der Waals surface area contributed by atoms with Gasteiger partial charge in [0.05, 0.1) is 0 Å². The fourth-order valence-electron chi connectivity index (χ4n) is 3.02. The van der Waals surface area contributed by atoms with E-state index in [-0.39, 0.29) is 17.9 Å². The first-order chi connectivity index (χ1) is 10.7. The molecule has 0 spiro atoms. The van der Waals surface area contributed by atoms with Crippen molar-refractivity contribution in [3.63, 3.8) is 0 Å². The number of nitrogens with one attached hydrogen (secondary N) is 1. The van der Waals surface area contributed by atoms with Crippen molar-refractivity contribution in [3.8, 4) is 0 Å². The maximum Gasteiger partial charge on any atom is 0.223 e. The van der Waals surface area contributed by atoms with Crippen LogP contribution in [0.1, 0.15) is 31.5 Å². The Balaban J connectivity index is 1.50. The fraction of sp³-hybridized carbons (Fsp3) is 0.600. The number of fused-ring (bicyclic) bond motifs is 1. The third kappa shape index (κ3) is 2.51. The Labute approximate surface area is 128 Å². The molecule has 1 saturated carbocycles. The van der Waals surface area contributed by atoms with E-state index in [1.54, 1.807) is 4.52 Å². The van der Waals surface area contributed by atoms with Crippen LogP contribution < -0.4 is 10.2 Å². The number of rotatable bonds is 3. The standard InChI is InChI=1S/C15H20N6O/c1-10-17-18-13-6-7-14(19-21(10)13)20-8-2-3-12(9-20)16-15(22)11-4-5-11/h6-7,11-12H,2-5,8-9H2,1H3,(H,16,22). The molecule has 1 saturated heterocycles. The predicted molar refractivity (Wildman–Crippen MR) is 81.6 cm³/mol. The van der Waals surface area contributed by atoms with Crippen molar-refractivity contribution in [3.05, 3.63) is 18.0 Å². The number of hydrogen-bond acceptors (Lipinski definition) is 5. The largest absolute Gasteiger partial charge is 0.353 e. The van der Waals surface area contributed by atoms with E-state index in [1.807, 2.05) is 19.1 Å². The lowest BCUT2D eigenvalue weighted by Gasteiger charge is -2.33. The van der Waals surface area contributed by atoms with Gasteiger partial charge in [0.2, 0.25) is 5.91 Å². The van der Waals surface area contributed by atoms with Crippen LogP contribution in [0.5, 0.6) is 0 Å². The minimum absolute atomic E-state index is 0.223. The molecule has 22 heavy (non-hydrogen) atoms. The van der Waals surface area contributed by atoms with Crippen molar-refractivity contribution in [1.29, 1.82) is 0 Å². The third-order valence-electron chi connectivity index (χ3n) is 4.44. The molecule has 7 heteroatoms. The fourth-order valence-corrected chi connectivity index (χ4v) is 3.02. The summed E-state index contributed by atoms with van der Waals surface area (Å²) in [6.45, 7) is 3.68. The number of carbonyl (C=O) groups excluding carboxylic acids is 1. The van der Waals surface area contributed by atoms with Crippen LogP contribution in [0.15, 0.2) is 12.1 Å². The van der Waals surface area contributed by atoms with Gasteiger partial charge in [-0.15, -0.1) is 15.3 Å². The molecule has 0 aromatic carbocycles. The SMILES string of the molecule is Cc1nnc2ccc(N3CCCC(NC(=O)C4CC4)C3)nn12. The Bertz CT molecular complexity index is 707. The van der Waals surface area contributed by atoms with Gasteiger partial charge < -0.3 is 10.2 Å². The lowest BCUT2D eigenvalue weighted by atomic mass is 10.1. The van der Waals surface area contributed by atoms with Gasteiger partial charge >= 0.3 is 0 Å². The highest BCUT2D eigenvalue weighted by molar-refractivity contribution is 5.81. The molecule has 1 atom stereocenters. The second-order valence-corrected chi connectivity index (χ2v) is 6.28. The molecule has 1 amide bonds. The van der Waals surface area contributed by atoms with Gasteiger partial charge in [0.15, 0.2) is 11.5 Å². The van der Waals surface area contributed by atoms with Crippen LogP contribution in [0, 0.1) is 12.8 Å². The number of hydrogen-bond donors (Lipinski definition) is 1. The normalized spacial score (nSPS) is 22.0. The highest BCUT2D eigenvalue weighted by atomic mass is 16.2. The van der Waals surface area contributed by atoms with E-state index in [9.17, 15) is 4.79 Å². The van der Waals surface area contributed by atoms with Gasteiger partial charge in [-0.05, 0) is 44.7 Å². The summed E-state index contributed by atoms with van der Waals surface area (Å²) in [5.41, 5.74) is 0.761. The van der Waals surface area contributed by atoms with E-state index < -0.39 is 0 Å². The molecule has 4 rings (SSSR count). The summed E-state index contributed by atoms with van der Waals surface area (Å²) in [6.07, 6.45) is 4.21. The first-order valence-electron chi connectivity index (χ1n) is 7.95. The molecular formula is C15H20N6O. The van der Waals surface area contributed by atoms with Gasteiger partial charge in [0.25, 0.3) is 0 Å². The van der Waals surface area contributed by atoms with Crippen molar-refractivity contribution < 1.29 is 4.79 Å². The van der Waals surface area contributed by atoms with E-state index >= 15 is 0 Å². The van der Waals surface area contributed by atoms with Gasteiger partial charge in [0.1, 0.15) is 5.82 Å². The van der Waals surface area contributed by atoms with E-state index in [0.717, 1.165) is 56.1 Å². The van der Waals surface area contributed by atoms with Crippen molar-refractivity contribution >= 4 is 17.4 Å². The summed E-state index contributed by atoms with van der Waals surface area (Å²) >= 11 is 0. The highest BCUT2D eigenvalue weighted by Crippen LogP contribution is 2.29. The number of carbonyl (C=O) groups is 1. The first kappa shape index (κ1) is 13.5. The van der Waals surface area contributed by atoms with Crippen LogP contribution in [0.2, 0.25) is 0 Å². The Morgan fingerprint density at radius 3 is 2.95 bits per heavy atom. The molecule has 2 aromatic rings. The molecule has 2 fully saturated rings. The van der Waals surface area contributed by atoms with E-state index in [0.29, 0.717) is 0 Å². The molecule has 2 aliphatic rings.